The van der Waals surface area contributed by atoms with Crippen LogP contribution in [0.25, 0.3) is 5.69 Å². The van der Waals surface area contributed by atoms with Crippen molar-refractivity contribution in [1.29, 1.82) is 0 Å². The molecule has 1 amide bonds. The molecular formula is C20H21N3O3S. The maximum atomic E-state index is 12.4. The Morgan fingerprint density at radius 3 is 2.26 bits per heavy atom. The van der Waals surface area contributed by atoms with Crippen LogP contribution in [0.1, 0.15) is 17.0 Å². The molecule has 27 heavy (non-hydrogen) atoms. The number of hydrogen-bond donors (Lipinski definition) is 1. The van der Waals surface area contributed by atoms with Gasteiger partial charge in [-0.1, -0.05) is 18.2 Å². The number of hydrogen-bond acceptors (Lipinski definition) is 4. The third-order valence-electron chi connectivity index (χ3n) is 4.35. The second-order valence-electron chi connectivity index (χ2n) is 6.42. The molecule has 0 saturated carbocycles. The highest BCUT2D eigenvalue weighted by molar-refractivity contribution is 7.90. The molecule has 140 valence electrons. The van der Waals surface area contributed by atoms with E-state index >= 15 is 0 Å². The minimum absolute atomic E-state index is 0.180. The van der Waals surface area contributed by atoms with E-state index in [4.69, 9.17) is 0 Å². The van der Waals surface area contributed by atoms with Crippen molar-refractivity contribution in [1.82, 2.24) is 9.78 Å². The van der Waals surface area contributed by atoms with Crippen LogP contribution in [0.15, 0.2) is 59.5 Å². The number of para-hydroxylation sites is 1. The van der Waals surface area contributed by atoms with E-state index in [2.05, 4.69) is 10.4 Å². The number of nitrogens with one attached hydrogen (secondary N) is 1. The van der Waals surface area contributed by atoms with Crippen molar-refractivity contribution in [3.05, 3.63) is 71.5 Å². The molecule has 3 rings (SSSR count). The van der Waals surface area contributed by atoms with E-state index in [9.17, 15) is 13.2 Å². The number of carbonyl (C=O) groups is 1. The van der Waals surface area contributed by atoms with Gasteiger partial charge in [0.05, 0.1) is 22.7 Å². The molecule has 0 aliphatic heterocycles. The fourth-order valence-electron chi connectivity index (χ4n) is 2.90. The van der Waals surface area contributed by atoms with Gasteiger partial charge in [0.1, 0.15) is 0 Å². The fraction of sp³-hybridized carbons (Fsp3) is 0.200. The highest BCUT2D eigenvalue weighted by Crippen LogP contribution is 2.19. The lowest BCUT2D eigenvalue weighted by Gasteiger charge is -2.07. The van der Waals surface area contributed by atoms with Gasteiger partial charge < -0.3 is 5.32 Å². The number of benzene rings is 2. The summed E-state index contributed by atoms with van der Waals surface area (Å²) >= 11 is 0. The normalized spacial score (nSPS) is 11.4. The van der Waals surface area contributed by atoms with Gasteiger partial charge in [-0.3, -0.25) is 4.79 Å². The summed E-state index contributed by atoms with van der Waals surface area (Å²) in [6.07, 6.45) is 1.34. The Bertz CT molecular complexity index is 1070. The molecule has 3 aromatic rings. The van der Waals surface area contributed by atoms with Crippen LogP contribution in [0, 0.1) is 13.8 Å². The zero-order chi connectivity index (χ0) is 19.6. The molecule has 6 nitrogen and oxygen atoms in total. The number of aryl methyl sites for hydroxylation is 1. The van der Waals surface area contributed by atoms with Gasteiger partial charge in [0.2, 0.25) is 5.91 Å². The largest absolute Gasteiger partial charge is 0.326 e. The van der Waals surface area contributed by atoms with Crippen LogP contribution in [0.5, 0.6) is 0 Å². The first kappa shape index (κ1) is 18.8. The second-order valence-corrected chi connectivity index (χ2v) is 8.43. The predicted octanol–water partition coefficient (Wildman–Crippen LogP) is 3.07. The molecule has 0 unspecified atom stereocenters. The van der Waals surface area contributed by atoms with E-state index in [1.165, 1.54) is 12.1 Å². The van der Waals surface area contributed by atoms with Gasteiger partial charge in [0.25, 0.3) is 0 Å². The number of anilines is 1. The molecule has 0 fully saturated rings. The molecule has 0 atom stereocenters. The summed E-state index contributed by atoms with van der Waals surface area (Å²) in [6.45, 7) is 3.83. The summed E-state index contributed by atoms with van der Waals surface area (Å²) in [6, 6.07) is 15.9. The Balaban J connectivity index is 1.76. The maximum Gasteiger partial charge on any atom is 0.228 e. The Morgan fingerprint density at radius 2 is 1.67 bits per heavy atom. The lowest BCUT2D eigenvalue weighted by Crippen LogP contribution is -2.15. The molecule has 0 aliphatic carbocycles. The van der Waals surface area contributed by atoms with Crippen LogP contribution in [-0.4, -0.2) is 30.4 Å². The van der Waals surface area contributed by atoms with Gasteiger partial charge in [-0.15, -0.1) is 0 Å². The molecule has 0 radical (unpaired) electrons. The van der Waals surface area contributed by atoms with E-state index in [0.717, 1.165) is 28.9 Å². The number of amides is 1. The SMILES string of the molecule is Cc1nn(-c2ccccc2)c(C)c1CC(=O)Nc1ccc(S(C)(=O)=O)cc1. The van der Waals surface area contributed by atoms with Crippen molar-refractivity contribution < 1.29 is 13.2 Å². The summed E-state index contributed by atoms with van der Waals surface area (Å²) in [7, 11) is -3.26. The number of carbonyl (C=O) groups excluding carboxylic acids is 1. The highest BCUT2D eigenvalue weighted by Gasteiger charge is 2.16. The smallest absolute Gasteiger partial charge is 0.228 e. The molecule has 0 spiro atoms. The molecule has 7 heteroatoms. The fourth-order valence-corrected chi connectivity index (χ4v) is 3.53. The van der Waals surface area contributed by atoms with Crippen LogP contribution in [-0.2, 0) is 21.1 Å². The molecule has 1 aromatic heterocycles. The van der Waals surface area contributed by atoms with Gasteiger partial charge in [-0.25, -0.2) is 13.1 Å². The lowest BCUT2D eigenvalue weighted by atomic mass is 10.1. The summed E-state index contributed by atoms with van der Waals surface area (Å²) in [5.41, 5.74) is 4.10. The van der Waals surface area contributed by atoms with Crippen LogP contribution in [0.3, 0.4) is 0 Å². The van der Waals surface area contributed by atoms with Crippen LogP contribution >= 0.6 is 0 Å². The van der Waals surface area contributed by atoms with Gasteiger partial charge in [-0.05, 0) is 50.2 Å². The summed E-state index contributed by atoms with van der Waals surface area (Å²) < 4.78 is 24.8. The summed E-state index contributed by atoms with van der Waals surface area (Å²) in [4.78, 5) is 12.7. The molecule has 0 aliphatic rings. The van der Waals surface area contributed by atoms with E-state index in [-0.39, 0.29) is 17.2 Å². The van der Waals surface area contributed by atoms with Crippen molar-refractivity contribution in [2.75, 3.05) is 11.6 Å². The monoisotopic (exact) mass is 383 g/mol. The van der Waals surface area contributed by atoms with E-state index < -0.39 is 9.84 Å². The van der Waals surface area contributed by atoms with Crippen molar-refractivity contribution in [2.24, 2.45) is 0 Å². The number of sulfone groups is 1. The molecule has 2 aromatic carbocycles. The predicted molar refractivity (Wildman–Crippen MR) is 105 cm³/mol. The average molecular weight is 383 g/mol. The molecular weight excluding hydrogens is 362 g/mol. The average Bonchev–Trinajstić information content (AvgIpc) is 2.90. The topological polar surface area (TPSA) is 81.1 Å². The van der Waals surface area contributed by atoms with Crippen LogP contribution in [0.4, 0.5) is 5.69 Å². The van der Waals surface area contributed by atoms with Gasteiger partial charge >= 0.3 is 0 Å². The van der Waals surface area contributed by atoms with E-state index in [1.807, 2.05) is 48.9 Å². The minimum Gasteiger partial charge on any atom is -0.326 e. The van der Waals surface area contributed by atoms with Crippen molar-refractivity contribution in [3.63, 3.8) is 0 Å². The molecule has 0 saturated heterocycles. The Labute approximate surface area is 158 Å². The number of aromatic nitrogens is 2. The highest BCUT2D eigenvalue weighted by atomic mass is 32.2. The zero-order valence-electron chi connectivity index (χ0n) is 15.4. The zero-order valence-corrected chi connectivity index (χ0v) is 16.2. The van der Waals surface area contributed by atoms with Gasteiger partial charge in [0.15, 0.2) is 9.84 Å². The standard InChI is InChI=1S/C20H21N3O3S/c1-14-19(15(2)23(22-14)17-7-5-4-6-8-17)13-20(24)21-16-9-11-18(12-10-16)27(3,25)26/h4-12H,13H2,1-3H3,(H,21,24). The molecule has 1 N–H and O–H groups in total. The quantitative estimate of drug-likeness (QED) is 0.734. The lowest BCUT2D eigenvalue weighted by molar-refractivity contribution is -0.115. The van der Waals surface area contributed by atoms with Crippen LogP contribution in [0.2, 0.25) is 0 Å². The first-order valence-electron chi connectivity index (χ1n) is 8.46. The van der Waals surface area contributed by atoms with Crippen molar-refractivity contribution in [3.8, 4) is 5.69 Å². The van der Waals surface area contributed by atoms with Crippen molar-refractivity contribution >= 4 is 21.4 Å². The van der Waals surface area contributed by atoms with E-state index in [0.29, 0.717) is 5.69 Å². The second kappa shape index (κ2) is 7.36. The van der Waals surface area contributed by atoms with Gasteiger partial charge in [0, 0.05) is 23.2 Å². The van der Waals surface area contributed by atoms with Gasteiger partial charge in [-0.2, -0.15) is 5.10 Å². The Hall–Kier alpha value is -2.93. The number of nitrogens with zero attached hydrogens (tertiary/aromatic N) is 2. The first-order valence-corrected chi connectivity index (χ1v) is 10.4. The summed E-state index contributed by atoms with van der Waals surface area (Å²) in [5, 5.41) is 7.35. The third-order valence-corrected chi connectivity index (χ3v) is 5.47. The molecule has 1 heterocycles. The van der Waals surface area contributed by atoms with Crippen molar-refractivity contribution in [2.45, 2.75) is 25.2 Å². The Morgan fingerprint density at radius 1 is 1.04 bits per heavy atom. The maximum absolute atomic E-state index is 12.4. The third kappa shape index (κ3) is 4.25. The van der Waals surface area contributed by atoms with E-state index in [1.54, 1.807) is 12.1 Å². The Kier molecular flexibility index (Phi) is 5.14. The first-order chi connectivity index (χ1) is 12.8. The molecule has 0 bridgehead atoms. The van der Waals surface area contributed by atoms with Crippen LogP contribution < -0.4 is 5.32 Å². The number of rotatable bonds is 5. The minimum atomic E-state index is -3.26. The summed E-state index contributed by atoms with van der Waals surface area (Å²) in [5.74, 6) is -0.180.